The molecule has 29 heavy (non-hydrogen) atoms. The van der Waals surface area contributed by atoms with Crippen LogP contribution in [0.1, 0.15) is 21.9 Å². The van der Waals surface area contributed by atoms with Crippen LogP contribution >= 0.6 is 0 Å². The zero-order valence-corrected chi connectivity index (χ0v) is 16.2. The molecular weight excluding hydrogens is 368 g/mol. The van der Waals surface area contributed by atoms with Gasteiger partial charge in [0.2, 0.25) is 5.95 Å². The topological polar surface area (TPSA) is 100 Å². The fraction of sp³-hybridized carbons (Fsp3) is 0.300. The molecule has 1 amide bonds. The van der Waals surface area contributed by atoms with Gasteiger partial charge >= 0.3 is 0 Å². The molecule has 9 nitrogen and oxygen atoms in total. The molecule has 1 aliphatic rings. The van der Waals surface area contributed by atoms with E-state index in [0.29, 0.717) is 18.1 Å². The van der Waals surface area contributed by atoms with Crippen molar-refractivity contribution in [1.82, 2.24) is 30.2 Å². The lowest BCUT2D eigenvalue weighted by Crippen LogP contribution is -2.47. The maximum atomic E-state index is 12.6. The summed E-state index contributed by atoms with van der Waals surface area (Å²) >= 11 is 0. The number of rotatable bonds is 5. The molecule has 148 valence electrons. The fourth-order valence-electron chi connectivity index (χ4n) is 3.19. The summed E-state index contributed by atoms with van der Waals surface area (Å²) in [5, 5.41) is 2.90. The normalized spacial score (nSPS) is 14.0. The minimum absolute atomic E-state index is 0.218. The summed E-state index contributed by atoms with van der Waals surface area (Å²) < 4.78 is 0. The predicted molar refractivity (Wildman–Crippen MR) is 109 cm³/mol. The first-order chi connectivity index (χ1) is 14.2. The fourth-order valence-corrected chi connectivity index (χ4v) is 3.19. The van der Waals surface area contributed by atoms with E-state index >= 15 is 0 Å². The van der Waals surface area contributed by atoms with Gasteiger partial charge in [-0.15, -0.1) is 0 Å². The molecule has 3 aromatic heterocycles. The molecule has 1 fully saturated rings. The highest BCUT2D eigenvalue weighted by atomic mass is 16.1. The monoisotopic (exact) mass is 390 g/mol. The van der Waals surface area contributed by atoms with E-state index < -0.39 is 0 Å². The van der Waals surface area contributed by atoms with E-state index in [9.17, 15) is 4.79 Å². The summed E-state index contributed by atoms with van der Waals surface area (Å²) in [6.07, 6.45) is 6.90. The molecule has 1 saturated heterocycles. The van der Waals surface area contributed by atoms with Crippen LogP contribution in [-0.2, 0) is 6.54 Å². The molecule has 0 bridgehead atoms. The molecule has 0 aromatic carbocycles. The van der Waals surface area contributed by atoms with Crippen LogP contribution in [-0.4, -0.2) is 57.0 Å². The van der Waals surface area contributed by atoms with Crippen molar-refractivity contribution in [3.05, 3.63) is 66.1 Å². The summed E-state index contributed by atoms with van der Waals surface area (Å²) in [7, 11) is 0. The Morgan fingerprint density at radius 3 is 2.41 bits per heavy atom. The van der Waals surface area contributed by atoms with Crippen LogP contribution in [0.25, 0.3) is 0 Å². The third-order valence-electron chi connectivity index (χ3n) is 4.70. The van der Waals surface area contributed by atoms with Crippen LogP contribution in [0.15, 0.2) is 49.1 Å². The number of carbonyl (C=O) groups excluding carboxylic acids is 1. The Balaban J connectivity index is 1.41. The highest BCUT2D eigenvalue weighted by molar-refractivity contribution is 5.92. The smallest absolute Gasteiger partial charge is 0.270 e. The van der Waals surface area contributed by atoms with Crippen LogP contribution in [0.5, 0.6) is 0 Å². The van der Waals surface area contributed by atoms with Gasteiger partial charge in [0.25, 0.3) is 5.91 Å². The first kappa shape index (κ1) is 18.7. The van der Waals surface area contributed by atoms with Gasteiger partial charge in [0.15, 0.2) is 0 Å². The van der Waals surface area contributed by atoms with Crippen molar-refractivity contribution in [2.45, 2.75) is 13.5 Å². The van der Waals surface area contributed by atoms with Crippen molar-refractivity contribution in [2.75, 3.05) is 36.0 Å². The van der Waals surface area contributed by atoms with Crippen molar-refractivity contribution in [3.63, 3.8) is 0 Å². The number of aryl methyl sites for hydroxylation is 1. The Morgan fingerprint density at radius 1 is 1.00 bits per heavy atom. The second-order valence-corrected chi connectivity index (χ2v) is 6.72. The van der Waals surface area contributed by atoms with Crippen molar-refractivity contribution < 1.29 is 4.79 Å². The lowest BCUT2D eigenvalue weighted by molar-refractivity contribution is 0.0945. The third kappa shape index (κ3) is 4.63. The average Bonchev–Trinajstić information content (AvgIpc) is 2.78. The zero-order chi connectivity index (χ0) is 20.1. The number of aromatic nitrogens is 5. The summed E-state index contributed by atoms with van der Waals surface area (Å²) in [6, 6.07) is 7.30. The van der Waals surface area contributed by atoms with Crippen LogP contribution in [0, 0.1) is 6.92 Å². The average molecular weight is 390 g/mol. The van der Waals surface area contributed by atoms with E-state index in [1.54, 1.807) is 37.8 Å². The second-order valence-electron chi connectivity index (χ2n) is 6.72. The Hall–Kier alpha value is -3.62. The van der Waals surface area contributed by atoms with E-state index in [2.05, 4.69) is 40.0 Å². The van der Waals surface area contributed by atoms with E-state index in [4.69, 9.17) is 0 Å². The standard InChI is InChI=1S/C20H22N8O/c1-15-25-17(19(29)24-14-16-3-7-21-8-4-16)13-18(26-15)27-9-11-28(12-10-27)20-22-5-2-6-23-20/h2-8,13H,9-12,14H2,1H3,(H,24,29). The van der Waals surface area contributed by atoms with Crippen molar-refractivity contribution in [2.24, 2.45) is 0 Å². The number of hydrogen-bond donors (Lipinski definition) is 1. The Bertz CT molecular complexity index is 959. The molecule has 4 rings (SSSR count). The number of nitrogens with zero attached hydrogens (tertiary/aromatic N) is 7. The number of amides is 1. The summed E-state index contributed by atoms with van der Waals surface area (Å²) in [4.78, 5) is 38.3. The van der Waals surface area contributed by atoms with Gasteiger partial charge < -0.3 is 15.1 Å². The maximum Gasteiger partial charge on any atom is 0.270 e. The predicted octanol–water partition coefficient (Wildman–Crippen LogP) is 1.23. The zero-order valence-electron chi connectivity index (χ0n) is 16.2. The minimum Gasteiger partial charge on any atom is -0.353 e. The van der Waals surface area contributed by atoms with Gasteiger partial charge in [-0.05, 0) is 30.7 Å². The molecule has 0 atom stereocenters. The van der Waals surface area contributed by atoms with Gasteiger partial charge in [-0.2, -0.15) is 0 Å². The highest BCUT2D eigenvalue weighted by Gasteiger charge is 2.21. The number of hydrogen-bond acceptors (Lipinski definition) is 8. The molecule has 1 aliphatic heterocycles. The quantitative estimate of drug-likeness (QED) is 0.694. The van der Waals surface area contributed by atoms with Crippen LogP contribution in [0.3, 0.4) is 0 Å². The molecule has 0 saturated carbocycles. The molecule has 9 heteroatoms. The molecule has 0 aliphatic carbocycles. The largest absolute Gasteiger partial charge is 0.353 e. The van der Waals surface area contributed by atoms with Crippen molar-refractivity contribution in [1.29, 1.82) is 0 Å². The molecule has 0 spiro atoms. The van der Waals surface area contributed by atoms with Gasteiger partial charge in [-0.3, -0.25) is 9.78 Å². The Morgan fingerprint density at radius 2 is 1.69 bits per heavy atom. The summed E-state index contributed by atoms with van der Waals surface area (Å²) in [5.41, 5.74) is 1.36. The Labute approximate surface area is 168 Å². The minimum atomic E-state index is -0.218. The van der Waals surface area contributed by atoms with Crippen molar-refractivity contribution >= 4 is 17.7 Å². The van der Waals surface area contributed by atoms with Gasteiger partial charge in [-0.1, -0.05) is 0 Å². The number of carbonyl (C=O) groups is 1. The molecule has 0 unspecified atom stereocenters. The first-order valence-electron chi connectivity index (χ1n) is 9.49. The van der Waals surface area contributed by atoms with E-state index in [1.807, 2.05) is 18.2 Å². The number of nitrogens with one attached hydrogen (secondary N) is 1. The van der Waals surface area contributed by atoms with Crippen molar-refractivity contribution in [3.8, 4) is 0 Å². The van der Waals surface area contributed by atoms with Crippen LogP contribution in [0.2, 0.25) is 0 Å². The molecule has 1 N–H and O–H groups in total. The number of pyridine rings is 1. The molecule has 3 aromatic rings. The molecule has 0 radical (unpaired) electrons. The second kappa shape index (κ2) is 8.59. The molecule has 4 heterocycles. The van der Waals surface area contributed by atoms with Gasteiger partial charge in [0.05, 0.1) is 0 Å². The van der Waals surface area contributed by atoms with Crippen LogP contribution < -0.4 is 15.1 Å². The highest BCUT2D eigenvalue weighted by Crippen LogP contribution is 2.17. The number of piperazine rings is 1. The van der Waals surface area contributed by atoms with E-state index in [0.717, 1.165) is 43.5 Å². The summed E-state index contributed by atoms with van der Waals surface area (Å²) in [6.45, 7) is 5.35. The van der Waals surface area contributed by atoms with Gasteiger partial charge in [0, 0.05) is 63.6 Å². The molecular formula is C20H22N8O. The van der Waals surface area contributed by atoms with E-state index in [-0.39, 0.29) is 5.91 Å². The third-order valence-corrected chi connectivity index (χ3v) is 4.70. The van der Waals surface area contributed by atoms with Gasteiger partial charge in [-0.25, -0.2) is 19.9 Å². The maximum absolute atomic E-state index is 12.6. The summed E-state index contributed by atoms with van der Waals surface area (Å²) in [5.74, 6) is 1.86. The first-order valence-corrected chi connectivity index (χ1v) is 9.49. The van der Waals surface area contributed by atoms with E-state index in [1.165, 1.54) is 0 Å². The SMILES string of the molecule is Cc1nc(C(=O)NCc2ccncc2)cc(N2CCN(c3ncccn3)CC2)n1. The van der Waals surface area contributed by atoms with Gasteiger partial charge in [0.1, 0.15) is 17.3 Å². The van der Waals surface area contributed by atoms with Crippen LogP contribution in [0.4, 0.5) is 11.8 Å². The number of anilines is 2. The lowest BCUT2D eigenvalue weighted by Gasteiger charge is -2.35. The lowest BCUT2D eigenvalue weighted by atomic mass is 10.2. The Kier molecular flexibility index (Phi) is 5.55.